The second-order valence-electron chi connectivity index (χ2n) is 5.91. The fourth-order valence-corrected chi connectivity index (χ4v) is 2.63. The third kappa shape index (κ3) is 6.00. The van der Waals surface area contributed by atoms with Crippen molar-refractivity contribution in [3.05, 3.63) is 35.4 Å². The minimum Gasteiger partial charge on any atom is -0.468 e. The quantitative estimate of drug-likeness (QED) is 0.389. The van der Waals surface area contributed by atoms with E-state index in [-0.39, 0.29) is 5.56 Å². The minimum absolute atomic E-state index is 0.0313. The van der Waals surface area contributed by atoms with Crippen LogP contribution in [0.5, 0.6) is 0 Å². The number of nitrogens with one attached hydrogen (secondary N) is 1. The molecule has 0 bridgehead atoms. The zero-order valence-electron chi connectivity index (χ0n) is 15.8. The number of amides is 1. The SMILES string of the molecule is COC(=O)C(C(=O)OC)[C@@H](C)[C@H](NC(=O)Cc1cc(F)cc(F)c1)C(=O)OC. The fourth-order valence-electron chi connectivity index (χ4n) is 2.63. The summed E-state index contributed by atoms with van der Waals surface area (Å²) in [6.07, 6.45) is -0.448. The van der Waals surface area contributed by atoms with Gasteiger partial charge in [0.25, 0.3) is 0 Å². The highest BCUT2D eigenvalue weighted by atomic mass is 19.1. The van der Waals surface area contributed by atoms with Crippen LogP contribution in [0.4, 0.5) is 8.78 Å². The molecule has 10 heteroatoms. The van der Waals surface area contributed by atoms with E-state index in [9.17, 15) is 28.0 Å². The van der Waals surface area contributed by atoms with E-state index in [0.717, 1.165) is 33.5 Å². The van der Waals surface area contributed by atoms with E-state index in [1.54, 1.807) is 0 Å². The van der Waals surface area contributed by atoms with Crippen LogP contribution in [-0.2, 0) is 39.8 Å². The minimum atomic E-state index is -1.51. The summed E-state index contributed by atoms with van der Waals surface area (Å²) in [5, 5.41) is 2.32. The Morgan fingerprint density at radius 1 is 0.893 bits per heavy atom. The summed E-state index contributed by atoms with van der Waals surface area (Å²) in [4.78, 5) is 48.3. The first-order valence-electron chi connectivity index (χ1n) is 8.12. The lowest BCUT2D eigenvalue weighted by atomic mass is 9.87. The molecule has 0 spiro atoms. The molecule has 0 fully saturated rings. The maximum Gasteiger partial charge on any atom is 0.328 e. The van der Waals surface area contributed by atoms with Crippen LogP contribution in [0.15, 0.2) is 18.2 Å². The number of benzene rings is 1. The molecule has 0 saturated heterocycles. The molecule has 0 aliphatic heterocycles. The van der Waals surface area contributed by atoms with E-state index in [4.69, 9.17) is 0 Å². The van der Waals surface area contributed by atoms with Gasteiger partial charge in [0.05, 0.1) is 27.8 Å². The Bertz CT molecular complexity index is 717. The zero-order valence-corrected chi connectivity index (χ0v) is 15.8. The predicted octanol–water partition coefficient (Wildman–Crippen LogP) is 0.763. The van der Waals surface area contributed by atoms with Gasteiger partial charge in [-0.15, -0.1) is 0 Å². The monoisotopic (exact) mass is 401 g/mol. The fraction of sp³-hybridized carbons (Fsp3) is 0.444. The van der Waals surface area contributed by atoms with Crippen LogP contribution in [0.25, 0.3) is 0 Å². The van der Waals surface area contributed by atoms with Gasteiger partial charge in [-0.25, -0.2) is 13.6 Å². The smallest absolute Gasteiger partial charge is 0.328 e. The van der Waals surface area contributed by atoms with E-state index in [1.807, 2.05) is 0 Å². The Kier molecular flexibility index (Phi) is 8.49. The van der Waals surface area contributed by atoms with Crippen LogP contribution in [0.3, 0.4) is 0 Å². The number of hydrogen-bond acceptors (Lipinski definition) is 7. The molecule has 8 nitrogen and oxygen atoms in total. The Morgan fingerprint density at radius 3 is 1.79 bits per heavy atom. The Labute approximate surface area is 160 Å². The van der Waals surface area contributed by atoms with Gasteiger partial charge >= 0.3 is 17.9 Å². The number of ether oxygens (including phenoxy) is 3. The lowest BCUT2D eigenvalue weighted by Crippen LogP contribution is -2.51. The van der Waals surface area contributed by atoms with Gasteiger partial charge in [-0.1, -0.05) is 6.92 Å². The third-order valence-electron chi connectivity index (χ3n) is 4.02. The number of methoxy groups -OCH3 is 3. The molecular weight excluding hydrogens is 380 g/mol. The second kappa shape index (κ2) is 10.3. The van der Waals surface area contributed by atoms with Gasteiger partial charge < -0.3 is 19.5 Å². The molecule has 0 heterocycles. The highest BCUT2D eigenvalue weighted by Crippen LogP contribution is 2.21. The predicted molar refractivity (Wildman–Crippen MR) is 90.7 cm³/mol. The average Bonchev–Trinajstić information content (AvgIpc) is 2.64. The van der Waals surface area contributed by atoms with Crippen LogP contribution < -0.4 is 5.32 Å². The van der Waals surface area contributed by atoms with Gasteiger partial charge in [0, 0.05) is 12.0 Å². The molecule has 0 aromatic heterocycles. The summed E-state index contributed by atoms with van der Waals surface area (Å²) < 4.78 is 40.3. The van der Waals surface area contributed by atoms with Crippen molar-refractivity contribution in [2.24, 2.45) is 11.8 Å². The molecule has 0 saturated carbocycles. The van der Waals surface area contributed by atoms with E-state index in [1.165, 1.54) is 6.92 Å². The number of carbonyl (C=O) groups is 4. The first-order valence-corrected chi connectivity index (χ1v) is 8.12. The van der Waals surface area contributed by atoms with Crippen LogP contribution in [0.2, 0.25) is 0 Å². The topological polar surface area (TPSA) is 108 Å². The van der Waals surface area contributed by atoms with E-state index < -0.39 is 59.7 Å². The lowest BCUT2D eigenvalue weighted by molar-refractivity contribution is -0.163. The van der Waals surface area contributed by atoms with Crippen molar-refractivity contribution in [2.75, 3.05) is 21.3 Å². The first-order chi connectivity index (χ1) is 13.1. The van der Waals surface area contributed by atoms with Crippen molar-refractivity contribution in [1.29, 1.82) is 0 Å². The summed E-state index contributed by atoms with van der Waals surface area (Å²) >= 11 is 0. The molecule has 28 heavy (non-hydrogen) atoms. The number of rotatable bonds is 8. The molecular formula is C18H21F2NO7. The Hall–Kier alpha value is -3.04. The van der Waals surface area contributed by atoms with Gasteiger partial charge in [0.2, 0.25) is 5.91 Å². The van der Waals surface area contributed by atoms with Crippen LogP contribution in [0, 0.1) is 23.5 Å². The summed E-state index contributed by atoms with van der Waals surface area (Å²) in [5.41, 5.74) is 0.0313. The van der Waals surface area contributed by atoms with E-state index in [2.05, 4.69) is 19.5 Å². The highest BCUT2D eigenvalue weighted by Gasteiger charge is 2.42. The molecule has 0 aliphatic carbocycles. The van der Waals surface area contributed by atoms with Crippen LogP contribution in [-0.4, -0.2) is 51.2 Å². The normalized spacial score (nSPS) is 12.7. The standard InChI is InChI=1S/C18H21F2NO7/c1-9(14(16(23)26-2)17(24)27-3)15(18(25)28-4)21-13(22)7-10-5-11(19)8-12(20)6-10/h5-6,8-9,14-15H,7H2,1-4H3,(H,21,22)/t9-,15+/m1/s1. The average molecular weight is 401 g/mol. The lowest BCUT2D eigenvalue weighted by Gasteiger charge is -2.27. The van der Waals surface area contributed by atoms with Crippen molar-refractivity contribution in [2.45, 2.75) is 19.4 Å². The summed E-state index contributed by atoms with van der Waals surface area (Å²) in [7, 11) is 3.16. The molecule has 1 rings (SSSR count). The van der Waals surface area contributed by atoms with Crippen molar-refractivity contribution in [3.8, 4) is 0 Å². The van der Waals surface area contributed by atoms with E-state index >= 15 is 0 Å². The van der Waals surface area contributed by atoms with Gasteiger partial charge in [-0.3, -0.25) is 14.4 Å². The largest absolute Gasteiger partial charge is 0.468 e. The first kappa shape index (κ1) is 23.0. The summed E-state index contributed by atoms with van der Waals surface area (Å²) in [6, 6.07) is 1.16. The number of esters is 3. The van der Waals surface area contributed by atoms with Gasteiger partial charge in [0.15, 0.2) is 5.92 Å². The van der Waals surface area contributed by atoms with Gasteiger partial charge in [-0.2, -0.15) is 0 Å². The van der Waals surface area contributed by atoms with Crippen LogP contribution >= 0.6 is 0 Å². The molecule has 154 valence electrons. The molecule has 0 aliphatic rings. The molecule has 0 radical (unpaired) electrons. The zero-order chi connectivity index (χ0) is 21.4. The van der Waals surface area contributed by atoms with Crippen molar-refractivity contribution in [1.82, 2.24) is 5.32 Å². The maximum absolute atomic E-state index is 13.3. The molecule has 1 aromatic rings. The number of carbonyl (C=O) groups excluding carboxylic acids is 4. The molecule has 2 atom stereocenters. The third-order valence-corrected chi connectivity index (χ3v) is 4.02. The highest BCUT2D eigenvalue weighted by molar-refractivity contribution is 5.96. The van der Waals surface area contributed by atoms with E-state index in [0.29, 0.717) is 6.07 Å². The summed E-state index contributed by atoms with van der Waals surface area (Å²) in [5.74, 6) is -7.96. The van der Waals surface area contributed by atoms with Crippen LogP contribution in [0.1, 0.15) is 12.5 Å². The Balaban J connectivity index is 3.06. The van der Waals surface area contributed by atoms with Crippen molar-refractivity contribution >= 4 is 23.8 Å². The molecule has 1 aromatic carbocycles. The Morgan fingerprint density at radius 2 is 1.36 bits per heavy atom. The maximum atomic E-state index is 13.3. The molecule has 1 amide bonds. The van der Waals surface area contributed by atoms with Gasteiger partial charge in [0.1, 0.15) is 17.7 Å². The van der Waals surface area contributed by atoms with Crippen molar-refractivity contribution in [3.63, 3.8) is 0 Å². The molecule has 1 N–H and O–H groups in total. The second-order valence-corrected chi connectivity index (χ2v) is 5.91. The molecule has 0 unspecified atom stereocenters. The van der Waals surface area contributed by atoms with Crippen molar-refractivity contribution < 1.29 is 42.2 Å². The summed E-state index contributed by atoms with van der Waals surface area (Å²) in [6.45, 7) is 1.35. The number of hydrogen-bond donors (Lipinski definition) is 1. The van der Waals surface area contributed by atoms with Gasteiger partial charge in [-0.05, 0) is 17.7 Å². The number of halogens is 2.